The molecular formula is C18H27N. The molecule has 2 bridgehead atoms. The van der Waals surface area contributed by atoms with E-state index >= 15 is 0 Å². The van der Waals surface area contributed by atoms with Gasteiger partial charge in [-0.3, -0.25) is 0 Å². The second-order valence-corrected chi connectivity index (χ2v) is 7.08. The molecule has 4 rings (SSSR count). The first-order chi connectivity index (χ1) is 9.00. The summed E-state index contributed by atoms with van der Waals surface area (Å²) in [6.07, 6.45) is 8.19. The van der Waals surface area contributed by atoms with Gasteiger partial charge in [-0.2, -0.15) is 0 Å². The van der Waals surface area contributed by atoms with Crippen LogP contribution in [0.4, 0.5) is 0 Å². The van der Waals surface area contributed by atoms with Crippen molar-refractivity contribution < 1.29 is 0 Å². The molecule has 1 N–H and O–H groups in total. The lowest BCUT2D eigenvalue weighted by molar-refractivity contribution is 0.0827. The first-order valence-corrected chi connectivity index (χ1v) is 7.78. The second-order valence-electron chi connectivity index (χ2n) is 7.08. The van der Waals surface area contributed by atoms with Crippen LogP contribution < -0.4 is 5.32 Å². The van der Waals surface area contributed by atoms with E-state index in [9.17, 15) is 0 Å². The van der Waals surface area contributed by atoms with Crippen LogP contribution in [0.25, 0.3) is 0 Å². The van der Waals surface area contributed by atoms with Crippen LogP contribution in [0, 0.1) is 20.8 Å². The lowest BCUT2D eigenvalue weighted by atomic mass is 9.54. The Morgan fingerprint density at radius 1 is 0.842 bits per heavy atom. The van der Waals surface area contributed by atoms with Crippen LogP contribution in [0.1, 0.15) is 60.8 Å². The molecule has 1 aromatic rings. The zero-order chi connectivity index (χ0) is 13.7. The topological polar surface area (TPSA) is 12.0 Å². The Hall–Kier alpha value is -0.820. The molecule has 0 heterocycles. The molecule has 0 saturated heterocycles. The van der Waals surface area contributed by atoms with E-state index in [2.05, 4.69) is 45.3 Å². The van der Waals surface area contributed by atoms with E-state index < -0.39 is 0 Å². The van der Waals surface area contributed by atoms with Gasteiger partial charge in [0, 0.05) is 5.54 Å². The van der Waals surface area contributed by atoms with E-state index in [1.807, 2.05) is 0 Å². The van der Waals surface area contributed by atoms with Crippen LogP contribution in [0.5, 0.6) is 0 Å². The highest BCUT2D eigenvalue weighted by Crippen LogP contribution is 2.54. The Kier molecular flexibility index (Phi) is 3.01. The smallest absolute Gasteiger partial charge is 0.0179 e. The van der Waals surface area contributed by atoms with Crippen molar-refractivity contribution in [2.45, 2.75) is 70.3 Å². The highest BCUT2D eigenvalue weighted by Gasteiger charge is 2.49. The first kappa shape index (κ1) is 13.2. The number of fused-ring (bicyclic) bond motifs is 3. The summed E-state index contributed by atoms with van der Waals surface area (Å²) in [6, 6.07) is 4.76. The first-order valence-electron chi connectivity index (χ1n) is 7.78. The fraction of sp³-hybridized carbons (Fsp3) is 0.667. The zero-order valence-electron chi connectivity index (χ0n) is 12.9. The maximum atomic E-state index is 3.61. The Bertz CT molecular complexity index is 453. The number of hydrogen-bond donors (Lipinski definition) is 1. The summed E-state index contributed by atoms with van der Waals surface area (Å²) in [6.45, 7) is 6.85. The molecule has 3 fully saturated rings. The van der Waals surface area contributed by atoms with Crippen LogP contribution in [-0.4, -0.2) is 12.6 Å². The van der Waals surface area contributed by atoms with Crippen LogP contribution in [-0.2, 0) is 5.41 Å². The van der Waals surface area contributed by atoms with E-state index in [0.717, 1.165) is 0 Å². The summed E-state index contributed by atoms with van der Waals surface area (Å²) in [5.41, 5.74) is 7.09. The van der Waals surface area contributed by atoms with Gasteiger partial charge in [0.15, 0.2) is 0 Å². The molecule has 1 aromatic carbocycles. The highest BCUT2D eigenvalue weighted by molar-refractivity contribution is 5.44. The van der Waals surface area contributed by atoms with Crippen molar-refractivity contribution in [3.8, 4) is 0 Å². The minimum Gasteiger partial charge on any atom is -0.314 e. The van der Waals surface area contributed by atoms with Crippen molar-refractivity contribution in [3.63, 3.8) is 0 Å². The lowest BCUT2D eigenvalue weighted by Crippen LogP contribution is -2.55. The third-order valence-corrected chi connectivity index (χ3v) is 5.98. The van der Waals surface area contributed by atoms with Gasteiger partial charge in [0.1, 0.15) is 0 Å². The van der Waals surface area contributed by atoms with Crippen LogP contribution in [0.2, 0.25) is 0 Å². The van der Waals surface area contributed by atoms with Crippen molar-refractivity contribution >= 4 is 0 Å². The SMILES string of the molecule is CNC12CCC(c3c(C)cc(C)cc3C)(CC1)CC2. The van der Waals surface area contributed by atoms with E-state index in [1.54, 1.807) is 5.56 Å². The van der Waals surface area contributed by atoms with Gasteiger partial charge < -0.3 is 5.32 Å². The standard InChI is InChI=1S/C18H27N/c1-13-11-14(2)16(15(3)12-13)17-5-8-18(19-4,9-6-17)10-7-17/h11-12,19H,5-10H2,1-4H3. The molecule has 0 aromatic heterocycles. The number of nitrogens with one attached hydrogen (secondary N) is 1. The Morgan fingerprint density at radius 3 is 1.74 bits per heavy atom. The lowest BCUT2D eigenvalue weighted by Gasteiger charge is -2.54. The molecule has 3 aliphatic rings. The third kappa shape index (κ3) is 1.94. The Labute approximate surface area is 117 Å². The Balaban J connectivity index is 2.00. The predicted molar refractivity (Wildman–Crippen MR) is 81.8 cm³/mol. The van der Waals surface area contributed by atoms with Gasteiger partial charge in [-0.25, -0.2) is 0 Å². The molecule has 1 nitrogen and oxygen atoms in total. The van der Waals surface area contributed by atoms with Gasteiger partial charge in [-0.05, 0) is 88.4 Å². The van der Waals surface area contributed by atoms with Crippen LogP contribution in [0.15, 0.2) is 12.1 Å². The van der Waals surface area contributed by atoms with Gasteiger partial charge in [0.05, 0.1) is 0 Å². The molecule has 1 heteroatoms. The van der Waals surface area contributed by atoms with Crippen molar-refractivity contribution in [1.29, 1.82) is 0 Å². The summed E-state index contributed by atoms with van der Waals surface area (Å²) < 4.78 is 0. The van der Waals surface area contributed by atoms with Crippen LogP contribution in [0.3, 0.4) is 0 Å². The van der Waals surface area contributed by atoms with Crippen LogP contribution >= 0.6 is 0 Å². The summed E-state index contributed by atoms with van der Waals surface area (Å²) >= 11 is 0. The van der Waals surface area contributed by atoms with Gasteiger partial charge >= 0.3 is 0 Å². The number of benzene rings is 1. The fourth-order valence-corrected chi connectivity index (χ4v) is 4.95. The van der Waals surface area contributed by atoms with Gasteiger partial charge in [-0.15, -0.1) is 0 Å². The van der Waals surface area contributed by atoms with Crippen molar-refractivity contribution in [2.24, 2.45) is 0 Å². The number of hydrogen-bond acceptors (Lipinski definition) is 1. The average Bonchev–Trinajstić information content (AvgIpc) is 2.39. The molecule has 104 valence electrons. The van der Waals surface area contributed by atoms with Gasteiger partial charge in [0.25, 0.3) is 0 Å². The van der Waals surface area contributed by atoms with Crippen molar-refractivity contribution in [3.05, 3.63) is 34.4 Å². The molecule has 0 unspecified atom stereocenters. The molecule has 0 radical (unpaired) electrons. The molecule has 19 heavy (non-hydrogen) atoms. The van der Waals surface area contributed by atoms with Gasteiger partial charge in [-0.1, -0.05) is 17.7 Å². The summed E-state index contributed by atoms with van der Waals surface area (Å²) in [7, 11) is 2.15. The summed E-state index contributed by atoms with van der Waals surface area (Å²) in [5, 5.41) is 3.61. The molecule has 0 aliphatic heterocycles. The average molecular weight is 257 g/mol. The Morgan fingerprint density at radius 2 is 1.32 bits per heavy atom. The predicted octanol–water partition coefficient (Wildman–Crippen LogP) is 4.18. The van der Waals surface area contributed by atoms with E-state index in [0.29, 0.717) is 11.0 Å². The monoisotopic (exact) mass is 257 g/mol. The van der Waals surface area contributed by atoms with E-state index in [1.165, 1.54) is 55.2 Å². The zero-order valence-corrected chi connectivity index (χ0v) is 12.9. The van der Waals surface area contributed by atoms with E-state index in [-0.39, 0.29) is 0 Å². The molecule has 0 spiro atoms. The van der Waals surface area contributed by atoms with Crippen molar-refractivity contribution in [2.75, 3.05) is 7.05 Å². The molecule has 0 atom stereocenters. The number of rotatable bonds is 2. The number of aryl methyl sites for hydroxylation is 3. The van der Waals surface area contributed by atoms with Crippen molar-refractivity contribution in [1.82, 2.24) is 5.32 Å². The molecule has 3 saturated carbocycles. The third-order valence-electron chi connectivity index (χ3n) is 5.98. The maximum Gasteiger partial charge on any atom is 0.0179 e. The molecule has 3 aliphatic carbocycles. The summed E-state index contributed by atoms with van der Waals surface area (Å²) in [5.74, 6) is 0. The second kappa shape index (κ2) is 4.34. The normalized spacial score (nSPS) is 33.7. The fourth-order valence-electron chi connectivity index (χ4n) is 4.95. The molecule has 0 amide bonds. The highest BCUT2D eigenvalue weighted by atomic mass is 15.0. The quantitative estimate of drug-likeness (QED) is 0.838. The minimum atomic E-state index is 0.467. The maximum absolute atomic E-state index is 3.61. The van der Waals surface area contributed by atoms with E-state index in [4.69, 9.17) is 0 Å². The molecular weight excluding hydrogens is 230 g/mol. The van der Waals surface area contributed by atoms with Gasteiger partial charge in [0.2, 0.25) is 0 Å². The summed E-state index contributed by atoms with van der Waals surface area (Å²) in [4.78, 5) is 0. The minimum absolute atomic E-state index is 0.467. The largest absolute Gasteiger partial charge is 0.314 e.